The van der Waals surface area contributed by atoms with Crippen molar-refractivity contribution < 1.29 is 14.0 Å². The van der Waals surface area contributed by atoms with E-state index in [-0.39, 0.29) is 36.2 Å². The van der Waals surface area contributed by atoms with Crippen LogP contribution in [0.1, 0.15) is 27.3 Å². The second-order valence-electron chi connectivity index (χ2n) is 7.05. The Morgan fingerprint density at radius 1 is 0.938 bits per heavy atom. The van der Waals surface area contributed by atoms with Crippen LogP contribution in [-0.2, 0) is 6.54 Å². The lowest BCUT2D eigenvalue weighted by atomic mass is 10.2. The molecule has 0 bridgehead atoms. The first-order chi connectivity index (χ1) is 15.5. The first-order valence-electron chi connectivity index (χ1n) is 9.98. The van der Waals surface area contributed by atoms with Crippen molar-refractivity contribution in [1.82, 2.24) is 14.9 Å². The molecule has 0 fully saturated rings. The number of anilines is 1. The molecule has 0 aliphatic carbocycles. The van der Waals surface area contributed by atoms with Gasteiger partial charge in [-0.25, -0.2) is 4.79 Å². The molecule has 2 aromatic carbocycles. The number of benzene rings is 2. The van der Waals surface area contributed by atoms with Crippen LogP contribution in [0.4, 0.5) is 5.69 Å². The lowest BCUT2D eigenvalue weighted by molar-refractivity contribution is 0.0951. The zero-order valence-corrected chi connectivity index (χ0v) is 17.0. The number of H-pyrrole nitrogens is 1. The molecule has 2 aromatic heterocycles. The highest BCUT2D eigenvalue weighted by atomic mass is 16.3. The number of carbonyl (C=O) groups excluding carboxylic acids is 2. The van der Waals surface area contributed by atoms with Gasteiger partial charge in [-0.2, -0.15) is 0 Å². The Morgan fingerprint density at radius 2 is 1.72 bits per heavy atom. The molecule has 2 amide bonds. The van der Waals surface area contributed by atoms with E-state index >= 15 is 0 Å². The third-order valence-corrected chi connectivity index (χ3v) is 4.88. The summed E-state index contributed by atoms with van der Waals surface area (Å²) >= 11 is 0. The number of para-hydroxylation sites is 1. The monoisotopic (exact) mass is 432 g/mol. The summed E-state index contributed by atoms with van der Waals surface area (Å²) in [5, 5.41) is 5.87. The quantitative estimate of drug-likeness (QED) is 0.387. The minimum atomic E-state index is -0.479. The number of fused-ring (bicyclic) bond motifs is 1. The largest absolute Gasteiger partial charge is 0.459 e. The van der Waals surface area contributed by atoms with Gasteiger partial charge in [-0.1, -0.05) is 12.1 Å². The van der Waals surface area contributed by atoms with E-state index in [1.165, 1.54) is 6.26 Å². The summed E-state index contributed by atoms with van der Waals surface area (Å²) in [5.41, 5.74) is 0.602. The molecule has 0 atom stereocenters. The fourth-order valence-corrected chi connectivity index (χ4v) is 3.25. The van der Waals surface area contributed by atoms with Crippen LogP contribution in [0.3, 0.4) is 0 Å². The number of amides is 2. The highest BCUT2D eigenvalue weighted by Crippen LogP contribution is 2.12. The van der Waals surface area contributed by atoms with Gasteiger partial charge in [-0.3, -0.25) is 19.0 Å². The number of aromatic amines is 1. The molecule has 0 aliphatic rings. The first-order valence-corrected chi connectivity index (χ1v) is 9.98. The Kier molecular flexibility index (Phi) is 5.98. The fourth-order valence-electron chi connectivity index (χ4n) is 3.25. The molecular weight excluding hydrogens is 412 g/mol. The van der Waals surface area contributed by atoms with Gasteiger partial charge in [0.2, 0.25) is 0 Å². The van der Waals surface area contributed by atoms with Crippen LogP contribution in [-0.4, -0.2) is 27.9 Å². The molecule has 0 spiro atoms. The van der Waals surface area contributed by atoms with E-state index in [9.17, 15) is 19.2 Å². The van der Waals surface area contributed by atoms with E-state index in [2.05, 4.69) is 15.6 Å². The number of hydrogen-bond donors (Lipinski definition) is 3. The number of hydrogen-bond acceptors (Lipinski definition) is 5. The number of carbonyl (C=O) groups is 2. The molecule has 4 aromatic rings. The predicted molar refractivity (Wildman–Crippen MR) is 119 cm³/mol. The molecule has 162 valence electrons. The van der Waals surface area contributed by atoms with Gasteiger partial charge in [0.15, 0.2) is 5.76 Å². The molecule has 2 heterocycles. The second kappa shape index (κ2) is 9.17. The Bertz CT molecular complexity index is 1370. The summed E-state index contributed by atoms with van der Waals surface area (Å²) in [6.45, 7) is 0.464. The van der Waals surface area contributed by atoms with E-state index in [0.29, 0.717) is 28.6 Å². The average Bonchev–Trinajstić information content (AvgIpc) is 3.34. The summed E-state index contributed by atoms with van der Waals surface area (Å²) in [6, 6.07) is 16.4. The summed E-state index contributed by atoms with van der Waals surface area (Å²) in [5.74, 6) is -0.490. The molecule has 0 unspecified atom stereocenters. The highest BCUT2D eigenvalue weighted by molar-refractivity contribution is 6.02. The van der Waals surface area contributed by atoms with Crippen molar-refractivity contribution in [1.29, 1.82) is 0 Å². The van der Waals surface area contributed by atoms with Crippen LogP contribution in [0.25, 0.3) is 10.9 Å². The SMILES string of the molecule is O=C(NCCCn1c(=O)[nH]c2ccccc2c1=O)c1ccc(NC(=O)c2ccco2)cc1. The molecule has 0 radical (unpaired) electrons. The lowest BCUT2D eigenvalue weighted by Crippen LogP contribution is -2.36. The van der Waals surface area contributed by atoms with Crippen molar-refractivity contribution in [2.45, 2.75) is 13.0 Å². The average molecular weight is 432 g/mol. The maximum atomic E-state index is 12.5. The lowest BCUT2D eigenvalue weighted by Gasteiger charge is -2.08. The Labute approximate surface area is 181 Å². The van der Waals surface area contributed by atoms with Gasteiger partial charge < -0.3 is 20.0 Å². The third kappa shape index (κ3) is 4.51. The van der Waals surface area contributed by atoms with Crippen molar-refractivity contribution in [3.05, 3.63) is 99.1 Å². The number of nitrogens with one attached hydrogen (secondary N) is 3. The van der Waals surface area contributed by atoms with Gasteiger partial charge >= 0.3 is 5.69 Å². The highest BCUT2D eigenvalue weighted by Gasteiger charge is 2.10. The second-order valence-corrected chi connectivity index (χ2v) is 7.05. The normalized spacial score (nSPS) is 10.8. The standard InChI is InChI=1S/C23H20N4O5/c28-20(15-8-10-16(11-9-15)25-21(29)19-7-3-14-32-19)24-12-4-13-27-22(30)17-5-1-2-6-18(17)26-23(27)31/h1-3,5-11,14H,4,12-13H2,(H,24,28)(H,25,29)(H,26,31). The van der Waals surface area contributed by atoms with Crippen molar-refractivity contribution in [2.75, 3.05) is 11.9 Å². The first kappa shape index (κ1) is 20.9. The summed E-state index contributed by atoms with van der Waals surface area (Å²) < 4.78 is 6.16. The number of nitrogens with zero attached hydrogens (tertiary/aromatic N) is 1. The van der Waals surface area contributed by atoms with Gasteiger partial charge in [-0.05, 0) is 55.0 Å². The number of rotatable bonds is 7. The van der Waals surface area contributed by atoms with Crippen LogP contribution in [0.15, 0.2) is 80.9 Å². The van der Waals surface area contributed by atoms with Crippen LogP contribution in [0.2, 0.25) is 0 Å². The summed E-state index contributed by atoms with van der Waals surface area (Å²) in [7, 11) is 0. The molecule has 0 aliphatic heterocycles. The van der Waals surface area contributed by atoms with Crippen molar-refractivity contribution in [3.8, 4) is 0 Å². The molecule has 0 saturated carbocycles. The van der Waals surface area contributed by atoms with Gasteiger partial charge in [0.05, 0.1) is 17.2 Å². The molecule has 9 nitrogen and oxygen atoms in total. The molecule has 4 rings (SSSR count). The van der Waals surface area contributed by atoms with Crippen LogP contribution < -0.4 is 21.9 Å². The maximum absolute atomic E-state index is 12.5. The fraction of sp³-hybridized carbons (Fsp3) is 0.130. The zero-order valence-electron chi connectivity index (χ0n) is 17.0. The Morgan fingerprint density at radius 3 is 2.47 bits per heavy atom. The molecule has 0 saturated heterocycles. The van der Waals surface area contributed by atoms with E-state index in [4.69, 9.17) is 4.42 Å². The van der Waals surface area contributed by atoms with E-state index < -0.39 is 5.69 Å². The Hall–Kier alpha value is -4.40. The number of aromatic nitrogens is 2. The van der Waals surface area contributed by atoms with Gasteiger partial charge in [0.1, 0.15) is 0 Å². The molecular formula is C23H20N4O5. The number of furan rings is 1. The Balaban J connectivity index is 1.31. The van der Waals surface area contributed by atoms with Gasteiger partial charge in [-0.15, -0.1) is 0 Å². The molecule has 9 heteroatoms. The summed E-state index contributed by atoms with van der Waals surface area (Å²) in [4.78, 5) is 51.7. The summed E-state index contributed by atoms with van der Waals surface area (Å²) in [6.07, 6.45) is 1.82. The van der Waals surface area contributed by atoms with Gasteiger partial charge in [0, 0.05) is 24.3 Å². The van der Waals surface area contributed by atoms with Crippen molar-refractivity contribution in [2.24, 2.45) is 0 Å². The van der Waals surface area contributed by atoms with Crippen LogP contribution in [0.5, 0.6) is 0 Å². The van der Waals surface area contributed by atoms with Crippen molar-refractivity contribution >= 4 is 28.4 Å². The molecule has 32 heavy (non-hydrogen) atoms. The third-order valence-electron chi connectivity index (χ3n) is 4.88. The smallest absolute Gasteiger partial charge is 0.328 e. The van der Waals surface area contributed by atoms with E-state index in [1.54, 1.807) is 60.7 Å². The van der Waals surface area contributed by atoms with E-state index in [0.717, 1.165) is 4.57 Å². The van der Waals surface area contributed by atoms with Crippen molar-refractivity contribution in [3.63, 3.8) is 0 Å². The minimum absolute atomic E-state index is 0.178. The van der Waals surface area contributed by atoms with Crippen LogP contribution in [0, 0.1) is 0 Å². The minimum Gasteiger partial charge on any atom is -0.459 e. The maximum Gasteiger partial charge on any atom is 0.328 e. The topological polar surface area (TPSA) is 126 Å². The van der Waals surface area contributed by atoms with Gasteiger partial charge in [0.25, 0.3) is 17.4 Å². The van der Waals surface area contributed by atoms with Crippen LogP contribution >= 0.6 is 0 Å². The predicted octanol–water partition coefficient (Wildman–Crippen LogP) is 2.36. The van der Waals surface area contributed by atoms with E-state index in [1.807, 2.05) is 0 Å². The zero-order chi connectivity index (χ0) is 22.5. The molecule has 3 N–H and O–H groups in total.